The molecular formula is C18H23NO. The van der Waals surface area contributed by atoms with E-state index >= 15 is 0 Å². The van der Waals surface area contributed by atoms with Crippen molar-refractivity contribution in [2.45, 2.75) is 40.2 Å². The van der Waals surface area contributed by atoms with Gasteiger partial charge in [0.25, 0.3) is 0 Å². The molecule has 0 radical (unpaired) electrons. The lowest BCUT2D eigenvalue weighted by molar-refractivity contribution is 0.301. The molecule has 2 heteroatoms. The van der Waals surface area contributed by atoms with Crippen molar-refractivity contribution in [1.82, 2.24) is 0 Å². The molecule has 2 nitrogen and oxygen atoms in total. The van der Waals surface area contributed by atoms with Gasteiger partial charge in [-0.2, -0.15) is 0 Å². The lowest BCUT2D eigenvalue weighted by Crippen LogP contribution is -2.02. The molecule has 0 bridgehead atoms. The molecule has 0 saturated heterocycles. The zero-order valence-corrected chi connectivity index (χ0v) is 12.7. The van der Waals surface area contributed by atoms with Crippen LogP contribution < -0.4 is 10.5 Å². The van der Waals surface area contributed by atoms with Crippen LogP contribution in [0.1, 0.15) is 42.0 Å². The van der Waals surface area contributed by atoms with Crippen LogP contribution in [0, 0.1) is 13.8 Å². The SMILES string of the molecule is Cc1ccc(COc2cc(C)c(N)cc2C(C)C)cc1. The predicted molar refractivity (Wildman–Crippen MR) is 85.2 cm³/mol. The number of anilines is 1. The number of hydrogen-bond donors (Lipinski definition) is 1. The highest BCUT2D eigenvalue weighted by molar-refractivity contribution is 5.55. The molecule has 2 rings (SSSR count). The number of ether oxygens (including phenoxy) is 1. The van der Waals surface area contributed by atoms with Gasteiger partial charge in [0.15, 0.2) is 0 Å². The van der Waals surface area contributed by atoms with E-state index in [0.717, 1.165) is 17.0 Å². The van der Waals surface area contributed by atoms with Gasteiger partial charge in [-0.1, -0.05) is 43.7 Å². The second kappa shape index (κ2) is 6.00. The van der Waals surface area contributed by atoms with Crippen molar-refractivity contribution in [3.05, 3.63) is 58.7 Å². The lowest BCUT2D eigenvalue weighted by atomic mass is 9.99. The third kappa shape index (κ3) is 3.32. The molecule has 2 aromatic rings. The van der Waals surface area contributed by atoms with Crippen LogP contribution in [-0.4, -0.2) is 0 Å². The summed E-state index contributed by atoms with van der Waals surface area (Å²) in [4.78, 5) is 0. The van der Waals surface area contributed by atoms with Gasteiger partial charge in [0, 0.05) is 5.69 Å². The molecular weight excluding hydrogens is 246 g/mol. The highest BCUT2D eigenvalue weighted by atomic mass is 16.5. The third-order valence-corrected chi connectivity index (χ3v) is 3.54. The fourth-order valence-corrected chi connectivity index (χ4v) is 2.14. The topological polar surface area (TPSA) is 35.2 Å². The van der Waals surface area contributed by atoms with E-state index in [1.807, 2.05) is 19.1 Å². The lowest BCUT2D eigenvalue weighted by Gasteiger charge is -2.16. The Morgan fingerprint density at radius 1 is 1.05 bits per heavy atom. The minimum atomic E-state index is 0.394. The summed E-state index contributed by atoms with van der Waals surface area (Å²) in [5.74, 6) is 1.33. The van der Waals surface area contributed by atoms with Crippen molar-refractivity contribution in [3.63, 3.8) is 0 Å². The van der Waals surface area contributed by atoms with E-state index in [1.54, 1.807) is 0 Å². The zero-order chi connectivity index (χ0) is 14.7. The van der Waals surface area contributed by atoms with E-state index in [2.05, 4.69) is 45.0 Å². The minimum absolute atomic E-state index is 0.394. The van der Waals surface area contributed by atoms with Crippen molar-refractivity contribution in [1.29, 1.82) is 0 Å². The highest BCUT2D eigenvalue weighted by Gasteiger charge is 2.10. The van der Waals surface area contributed by atoms with Gasteiger partial charge in [-0.25, -0.2) is 0 Å². The summed E-state index contributed by atoms with van der Waals surface area (Å²) in [5.41, 5.74) is 11.5. The van der Waals surface area contributed by atoms with Crippen LogP contribution >= 0.6 is 0 Å². The van der Waals surface area contributed by atoms with E-state index in [0.29, 0.717) is 12.5 Å². The first-order valence-corrected chi connectivity index (χ1v) is 7.05. The Morgan fingerprint density at radius 2 is 1.70 bits per heavy atom. The normalized spacial score (nSPS) is 10.8. The molecule has 106 valence electrons. The summed E-state index contributed by atoms with van der Waals surface area (Å²) in [7, 11) is 0. The van der Waals surface area contributed by atoms with Crippen LogP contribution in [0.25, 0.3) is 0 Å². The molecule has 2 aromatic carbocycles. The van der Waals surface area contributed by atoms with Crippen LogP contribution in [0.5, 0.6) is 5.75 Å². The molecule has 20 heavy (non-hydrogen) atoms. The van der Waals surface area contributed by atoms with Crippen molar-refractivity contribution < 1.29 is 4.74 Å². The Morgan fingerprint density at radius 3 is 2.30 bits per heavy atom. The number of rotatable bonds is 4. The standard InChI is InChI=1S/C18H23NO/c1-12(2)16-10-17(19)14(4)9-18(16)20-11-15-7-5-13(3)6-8-15/h5-10,12H,11,19H2,1-4H3. The predicted octanol–water partition coefficient (Wildman–Crippen LogP) is 4.59. The monoisotopic (exact) mass is 269 g/mol. The number of nitrogens with two attached hydrogens (primary N) is 1. The van der Waals surface area contributed by atoms with Crippen molar-refractivity contribution >= 4 is 5.69 Å². The molecule has 0 heterocycles. The first-order chi connectivity index (χ1) is 9.47. The van der Waals surface area contributed by atoms with Gasteiger partial charge in [-0.3, -0.25) is 0 Å². The number of hydrogen-bond acceptors (Lipinski definition) is 2. The van der Waals surface area contributed by atoms with Gasteiger partial charge in [0.2, 0.25) is 0 Å². The van der Waals surface area contributed by atoms with Gasteiger partial charge in [0.1, 0.15) is 12.4 Å². The Bertz CT molecular complexity index is 585. The molecule has 0 aliphatic rings. The first kappa shape index (κ1) is 14.4. The fourth-order valence-electron chi connectivity index (χ4n) is 2.14. The highest BCUT2D eigenvalue weighted by Crippen LogP contribution is 2.31. The van der Waals surface area contributed by atoms with Gasteiger partial charge in [-0.15, -0.1) is 0 Å². The van der Waals surface area contributed by atoms with Gasteiger partial charge in [0.05, 0.1) is 0 Å². The average molecular weight is 269 g/mol. The second-order valence-corrected chi connectivity index (χ2v) is 5.68. The molecule has 0 unspecified atom stereocenters. The molecule has 0 aliphatic carbocycles. The van der Waals surface area contributed by atoms with Gasteiger partial charge < -0.3 is 10.5 Å². The summed E-state index contributed by atoms with van der Waals surface area (Å²) in [6.45, 7) is 9.00. The fraction of sp³-hybridized carbons (Fsp3) is 0.333. The Hall–Kier alpha value is -1.96. The average Bonchev–Trinajstić information content (AvgIpc) is 2.41. The summed E-state index contributed by atoms with van der Waals surface area (Å²) in [5, 5.41) is 0. The Kier molecular flexibility index (Phi) is 4.33. The Labute approximate surface area is 121 Å². The quantitative estimate of drug-likeness (QED) is 0.824. The smallest absolute Gasteiger partial charge is 0.123 e. The van der Waals surface area contributed by atoms with Crippen LogP contribution in [0.2, 0.25) is 0 Å². The molecule has 0 aromatic heterocycles. The van der Waals surface area contributed by atoms with E-state index < -0.39 is 0 Å². The minimum Gasteiger partial charge on any atom is -0.489 e. The first-order valence-electron chi connectivity index (χ1n) is 7.05. The molecule has 0 spiro atoms. The maximum absolute atomic E-state index is 6.00. The number of nitrogen functional groups attached to an aromatic ring is 1. The molecule has 0 aliphatic heterocycles. The van der Waals surface area contributed by atoms with Crippen molar-refractivity contribution in [2.24, 2.45) is 0 Å². The molecule has 2 N–H and O–H groups in total. The molecule has 0 fully saturated rings. The van der Waals surface area contributed by atoms with Gasteiger partial charge >= 0.3 is 0 Å². The van der Waals surface area contributed by atoms with Crippen LogP contribution in [-0.2, 0) is 6.61 Å². The molecule has 0 saturated carbocycles. The van der Waals surface area contributed by atoms with Crippen LogP contribution in [0.15, 0.2) is 36.4 Å². The zero-order valence-electron chi connectivity index (χ0n) is 12.7. The largest absolute Gasteiger partial charge is 0.489 e. The van der Waals surface area contributed by atoms with E-state index in [1.165, 1.54) is 16.7 Å². The third-order valence-electron chi connectivity index (χ3n) is 3.54. The summed E-state index contributed by atoms with van der Waals surface area (Å²) < 4.78 is 6.00. The van der Waals surface area contributed by atoms with Crippen LogP contribution in [0.4, 0.5) is 5.69 Å². The Balaban J connectivity index is 2.20. The van der Waals surface area contributed by atoms with E-state index in [9.17, 15) is 0 Å². The maximum Gasteiger partial charge on any atom is 0.123 e. The number of aryl methyl sites for hydroxylation is 2. The summed E-state index contributed by atoms with van der Waals surface area (Å²) >= 11 is 0. The summed E-state index contributed by atoms with van der Waals surface area (Å²) in [6, 6.07) is 12.5. The molecule has 0 amide bonds. The van der Waals surface area contributed by atoms with Crippen LogP contribution in [0.3, 0.4) is 0 Å². The van der Waals surface area contributed by atoms with Crippen molar-refractivity contribution in [2.75, 3.05) is 5.73 Å². The second-order valence-electron chi connectivity index (χ2n) is 5.68. The van der Waals surface area contributed by atoms with E-state index in [-0.39, 0.29) is 0 Å². The van der Waals surface area contributed by atoms with Gasteiger partial charge in [-0.05, 0) is 48.6 Å². The molecule has 0 atom stereocenters. The summed E-state index contributed by atoms with van der Waals surface area (Å²) in [6.07, 6.45) is 0. The van der Waals surface area contributed by atoms with Crippen molar-refractivity contribution in [3.8, 4) is 5.75 Å². The number of benzene rings is 2. The van der Waals surface area contributed by atoms with E-state index in [4.69, 9.17) is 10.5 Å². The maximum atomic E-state index is 6.00.